The van der Waals surface area contributed by atoms with Crippen molar-refractivity contribution in [1.29, 1.82) is 0 Å². The lowest BCUT2D eigenvalue weighted by Crippen LogP contribution is -2.27. The molecule has 1 rings (SSSR count). The second-order valence-electron chi connectivity index (χ2n) is 5.37. The molecule has 0 heterocycles. The van der Waals surface area contributed by atoms with Gasteiger partial charge in [-0.1, -0.05) is 0 Å². The zero-order chi connectivity index (χ0) is 15.3. The first kappa shape index (κ1) is 16.3. The van der Waals surface area contributed by atoms with E-state index in [1.807, 2.05) is 0 Å². The lowest BCUT2D eigenvalue weighted by molar-refractivity contribution is 0.0636. The Balaban J connectivity index is 2.89. The van der Waals surface area contributed by atoms with E-state index >= 15 is 0 Å². The summed E-state index contributed by atoms with van der Waals surface area (Å²) in [6.45, 7) is 5.14. The van der Waals surface area contributed by atoms with Gasteiger partial charge in [-0.15, -0.1) is 0 Å². The number of nitrogens with two attached hydrogens (primary N) is 1. The Kier molecular flexibility index (Phi) is 5.35. The highest BCUT2D eigenvalue weighted by Gasteiger charge is 2.17. The standard InChI is InChI=1S/C14H22N2O4/c1-14(2,3)20-13(18)16-9-5-6-12(19-4)10(7-9)11(15)8-17/h5-7,11,17H,8,15H2,1-4H3,(H,16,18)/t11-/m0/s1. The molecular formula is C14H22N2O4. The van der Waals surface area contributed by atoms with Crippen molar-refractivity contribution in [3.8, 4) is 5.75 Å². The van der Waals surface area contributed by atoms with Crippen LogP contribution in [-0.4, -0.2) is 30.5 Å². The van der Waals surface area contributed by atoms with Gasteiger partial charge < -0.3 is 20.3 Å². The second kappa shape index (κ2) is 6.58. The van der Waals surface area contributed by atoms with Gasteiger partial charge in [-0.3, -0.25) is 5.32 Å². The molecule has 0 aliphatic heterocycles. The van der Waals surface area contributed by atoms with E-state index in [0.717, 1.165) is 0 Å². The first-order valence-electron chi connectivity index (χ1n) is 6.31. The summed E-state index contributed by atoms with van der Waals surface area (Å²) in [6, 6.07) is 4.43. The van der Waals surface area contributed by atoms with Gasteiger partial charge in [0.15, 0.2) is 0 Å². The molecule has 0 aromatic heterocycles. The minimum Gasteiger partial charge on any atom is -0.496 e. The van der Waals surface area contributed by atoms with Crippen LogP contribution >= 0.6 is 0 Å². The summed E-state index contributed by atoms with van der Waals surface area (Å²) in [7, 11) is 1.52. The number of anilines is 1. The minimum atomic E-state index is -0.578. The Morgan fingerprint density at radius 2 is 2.10 bits per heavy atom. The molecule has 1 atom stereocenters. The Bertz CT molecular complexity index is 469. The average Bonchev–Trinajstić information content (AvgIpc) is 2.35. The van der Waals surface area contributed by atoms with E-state index in [9.17, 15) is 4.79 Å². The molecule has 1 amide bonds. The second-order valence-corrected chi connectivity index (χ2v) is 5.37. The molecule has 6 heteroatoms. The zero-order valence-corrected chi connectivity index (χ0v) is 12.3. The third-order valence-electron chi connectivity index (χ3n) is 2.47. The van der Waals surface area contributed by atoms with Gasteiger partial charge in [0, 0.05) is 11.3 Å². The maximum atomic E-state index is 11.7. The van der Waals surface area contributed by atoms with Crippen LogP contribution in [0.3, 0.4) is 0 Å². The number of methoxy groups -OCH3 is 1. The normalized spacial score (nSPS) is 12.7. The molecule has 0 saturated carbocycles. The van der Waals surface area contributed by atoms with Gasteiger partial charge in [-0.25, -0.2) is 4.79 Å². The van der Waals surface area contributed by atoms with Crippen LogP contribution in [0.1, 0.15) is 32.4 Å². The fourth-order valence-electron chi connectivity index (χ4n) is 1.62. The lowest BCUT2D eigenvalue weighted by Gasteiger charge is -2.20. The maximum Gasteiger partial charge on any atom is 0.412 e. The van der Waals surface area contributed by atoms with E-state index in [0.29, 0.717) is 17.0 Å². The number of carbonyl (C=O) groups excluding carboxylic acids is 1. The first-order valence-corrected chi connectivity index (χ1v) is 6.31. The molecule has 0 fully saturated rings. The summed E-state index contributed by atoms with van der Waals surface area (Å²) >= 11 is 0. The van der Waals surface area contributed by atoms with Gasteiger partial charge in [-0.05, 0) is 39.0 Å². The summed E-state index contributed by atoms with van der Waals surface area (Å²) in [5, 5.41) is 11.8. The van der Waals surface area contributed by atoms with E-state index in [-0.39, 0.29) is 6.61 Å². The van der Waals surface area contributed by atoms with Crippen molar-refractivity contribution < 1.29 is 19.4 Å². The van der Waals surface area contributed by atoms with Gasteiger partial charge in [0.25, 0.3) is 0 Å². The molecule has 1 aromatic carbocycles. The molecule has 0 radical (unpaired) electrons. The van der Waals surface area contributed by atoms with Crippen molar-refractivity contribution in [2.45, 2.75) is 32.4 Å². The van der Waals surface area contributed by atoms with Crippen molar-refractivity contribution in [1.82, 2.24) is 0 Å². The van der Waals surface area contributed by atoms with Crippen LogP contribution in [-0.2, 0) is 4.74 Å². The predicted molar refractivity (Wildman–Crippen MR) is 76.9 cm³/mol. The fraction of sp³-hybridized carbons (Fsp3) is 0.500. The highest BCUT2D eigenvalue weighted by Crippen LogP contribution is 2.27. The van der Waals surface area contributed by atoms with E-state index in [4.69, 9.17) is 20.3 Å². The number of hydrogen-bond acceptors (Lipinski definition) is 5. The monoisotopic (exact) mass is 282 g/mol. The van der Waals surface area contributed by atoms with E-state index in [2.05, 4.69) is 5.32 Å². The molecule has 6 nitrogen and oxygen atoms in total. The van der Waals surface area contributed by atoms with Crippen molar-refractivity contribution in [2.75, 3.05) is 19.0 Å². The molecule has 0 unspecified atom stereocenters. The number of hydrogen-bond donors (Lipinski definition) is 3. The molecule has 20 heavy (non-hydrogen) atoms. The highest BCUT2D eigenvalue weighted by molar-refractivity contribution is 5.85. The number of ether oxygens (including phenoxy) is 2. The lowest BCUT2D eigenvalue weighted by atomic mass is 10.1. The van der Waals surface area contributed by atoms with Crippen LogP contribution in [0.2, 0.25) is 0 Å². The largest absolute Gasteiger partial charge is 0.496 e. The molecular weight excluding hydrogens is 260 g/mol. The first-order chi connectivity index (χ1) is 9.26. The van der Waals surface area contributed by atoms with E-state index < -0.39 is 17.7 Å². The number of nitrogens with one attached hydrogen (secondary N) is 1. The van der Waals surface area contributed by atoms with Gasteiger partial charge in [-0.2, -0.15) is 0 Å². The number of aliphatic hydroxyl groups excluding tert-OH is 1. The van der Waals surface area contributed by atoms with Gasteiger partial charge in [0.05, 0.1) is 19.8 Å². The Labute approximate surface area is 118 Å². The molecule has 0 bridgehead atoms. The summed E-state index contributed by atoms with van der Waals surface area (Å²) in [5.74, 6) is 0.557. The minimum absolute atomic E-state index is 0.216. The Hall–Kier alpha value is -1.79. The summed E-state index contributed by atoms with van der Waals surface area (Å²) in [4.78, 5) is 11.7. The summed E-state index contributed by atoms with van der Waals surface area (Å²) in [6.07, 6.45) is -0.550. The molecule has 4 N–H and O–H groups in total. The van der Waals surface area contributed by atoms with Crippen molar-refractivity contribution in [3.63, 3.8) is 0 Å². The molecule has 0 aliphatic rings. The molecule has 112 valence electrons. The number of aliphatic hydroxyl groups is 1. The Morgan fingerprint density at radius 1 is 1.45 bits per heavy atom. The molecule has 1 aromatic rings. The van der Waals surface area contributed by atoms with Crippen LogP contribution in [0.15, 0.2) is 18.2 Å². The van der Waals surface area contributed by atoms with Crippen LogP contribution in [0, 0.1) is 0 Å². The topological polar surface area (TPSA) is 93.8 Å². The number of benzene rings is 1. The molecule has 0 aliphatic carbocycles. The van der Waals surface area contributed by atoms with Gasteiger partial charge in [0.1, 0.15) is 11.4 Å². The summed E-state index contributed by atoms with van der Waals surface area (Å²) < 4.78 is 10.3. The number of carbonyl (C=O) groups is 1. The predicted octanol–water partition coefficient (Wildman–Crippen LogP) is 2.03. The van der Waals surface area contributed by atoms with Crippen molar-refractivity contribution in [3.05, 3.63) is 23.8 Å². The van der Waals surface area contributed by atoms with Crippen molar-refractivity contribution in [2.24, 2.45) is 5.73 Å². The van der Waals surface area contributed by atoms with Crippen LogP contribution in [0.25, 0.3) is 0 Å². The third-order valence-corrected chi connectivity index (χ3v) is 2.47. The van der Waals surface area contributed by atoms with Gasteiger partial charge >= 0.3 is 6.09 Å². The zero-order valence-electron chi connectivity index (χ0n) is 12.3. The third kappa shape index (κ3) is 4.71. The number of amides is 1. The van der Waals surface area contributed by atoms with Gasteiger partial charge in [0.2, 0.25) is 0 Å². The van der Waals surface area contributed by atoms with Crippen molar-refractivity contribution >= 4 is 11.8 Å². The van der Waals surface area contributed by atoms with E-state index in [1.165, 1.54) is 7.11 Å². The van der Waals surface area contributed by atoms with Crippen LogP contribution in [0.5, 0.6) is 5.75 Å². The average molecular weight is 282 g/mol. The molecule has 0 spiro atoms. The Morgan fingerprint density at radius 3 is 2.60 bits per heavy atom. The molecule has 0 saturated heterocycles. The summed E-state index contributed by atoms with van der Waals surface area (Å²) in [5.41, 5.74) is 6.37. The number of rotatable bonds is 4. The van der Waals surface area contributed by atoms with Crippen LogP contribution in [0.4, 0.5) is 10.5 Å². The highest BCUT2D eigenvalue weighted by atomic mass is 16.6. The fourth-order valence-corrected chi connectivity index (χ4v) is 1.62. The van der Waals surface area contributed by atoms with Crippen LogP contribution < -0.4 is 15.8 Å². The SMILES string of the molecule is COc1ccc(NC(=O)OC(C)(C)C)cc1[C@@H](N)CO. The van der Waals surface area contributed by atoms with E-state index in [1.54, 1.807) is 39.0 Å². The quantitative estimate of drug-likeness (QED) is 0.785. The maximum absolute atomic E-state index is 11.7. The smallest absolute Gasteiger partial charge is 0.412 e.